The standard InChI is InChI=1S/C12H17NO4S/c14-12(18(15,16)17)11-7-4-8-13(11)9-10-5-2-1-3-6-10/h1-3,5-6,11-12,14H,4,7-9H2,(H,15,16,17)/t11-,12?/m1/s1. The summed E-state index contributed by atoms with van der Waals surface area (Å²) >= 11 is 0. The molecule has 1 saturated heterocycles. The van der Waals surface area contributed by atoms with Crippen molar-refractivity contribution in [1.29, 1.82) is 0 Å². The monoisotopic (exact) mass is 271 g/mol. The minimum absolute atomic E-state index is 0.528. The number of hydrogen-bond donors (Lipinski definition) is 2. The van der Waals surface area contributed by atoms with E-state index in [1.54, 1.807) is 0 Å². The predicted octanol–water partition coefficient (Wildman–Crippen LogP) is 0.857. The van der Waals surface area contributed by atoms with E-state index in [0.29, 0.717) is 13.0 Å². The molecule has 5 nitrogen and oxygen atoms in total. The summed E-state index contributed by atoms with van der Waals surface area (Å²) in [6, 6.07) is 9.13. The first kappa shape index (κ1) is 13.5. The van der Waals surface area contributed by atoms with Crippen LogP contribution in [0.1, 0.15) is 18.4 Å². The molecule has 0 aliphatic carbocycles. The highest BCUT2D eigenvalue weighted by Gasteiger charge is 2.37. The molecule has 100 valence electrons. The maximum atomic E-state index is 11.0. The molecule has 1 aromatic carbocycles. The first-order valence-electron chi connectivity index (χ1n) is 5.91. The molecule has 1 fully saturated rings. The van der Waals surface area contributed by atoms with Gasteiger partial charge in [0.15, 0.2) is 5.44 Å². The van der Waals surface area contributed by atoms with Crippen LogP contribution in [0.15, 0.2) is 30.3 Å². The fourth-order valence-electron chi connectivity index (χ4n) is 2.39. The van der Waals surface area contributed by atoms with E-state index in [2.05, 4.69) is 0 Å². The second-order valence-corrected chi connectivity index (χ2v) is 6.08. The molecule has 0 radical (unpaired) electrons. The third kappa shape index (κ3) is 3.08. The van der Waals surface area contributed by atoms with Crippen LogP contribution in [-0.2, 0) is 16.7 Å². The Bertz CT molecular complexity index is 488. The summed E-state index contributed by atoms with van der Waals surface area (Å²) in [6.45, 7) is 1.31. The predicted molar refractivity (Wildman–Crippen MR) is 67.4 cm³/mol. The number of aliphatic hydroxyl groups excluding tert-OH is 1. The third-order valence-electron chi connectivity index (χ3n) is 3.28. The van der Waals surface area contributed by atoms with Crippen LogP contribution in [0.5, 0.6) is 0 Å². The van der Waals surface area contributed by atoms with Crippen molar-refractivity contribution in [3.63, 3.8) is 0 Å². The van der Waals surface area contributed by atoms with Gasteiger partial charge in [0.25, 0.3) is 10.1 Å². The summed E-state index contributed by atoms with van der Waals surface area (Å²) in [6.07, 6.45) is 1.40. The molecule has 2 N–H and O–H groups in total. The molecule has 1 aliphatic rings. The van der Waals surface area contributed by atoms with Gasteiger partial charge in [0.1, 0.15) is 0 Å². The van der Waals surface area contributed by atoms with Crippen molar-refractivity contribution in [1.82, 2.24) is 4.90 Å². The third-order valence-corrected chi connectivity index (χ3v) is 4.20. The summed E-state index contributed by atoms with van der Waals surface area (Å²) < 4.78 is 30.9. The van der Waals surface area contributed by atoms with Crippen LogP contribution in [0.3, 0.4) is 0 Å². The lowest BCUT2D eigenvalue weighted by molar-refractivity contribution is 0.116. The highest BCUT2D eigenvalue weighted by molar-refractivity contribution is 7.86. The molecule has 6 heteroatoms. The van der Waals surface area contributed by atoms with Crippen molar-refractivity contribution in [2.75, 3.05) is 6.54 Å². The van der Waals surface area contributed by atoms with Crippen LogP contribution in [0.25, 0.3) is 0 Å². The summed E-state index contributed by atoms with van der Waals surface area (Å²) in [7, 11) is -4.40. The number of hydrogen-bond acceptors (Lipinski definition) is 4. The van der Waals surface area contributed by atoms with Crippen molar-refractivity contribution in [2.45, 2.75) is 30.9 Å². The van der Waals surface area contributed by atoms with Crippen molar-refractivity contribution in [2.24, 2.45) is 0 Å². The second kappa shape index (κ2) is 5.36. The van der Waals surface area contributed by atoms with Crippen molar-refractivity contribution < 1.29 is 18.1 Å². The lowest BCUT2D eigenvalue weighted by atomic mass is 10.2. The van der Waals surface area contributed by atoms with E-state index in [1.165, 1.54) is 0 Å². The van der Waals surface area contributed by atoms with E-state index >= 15 is 0 Å². The van der Waals surface area contributed by atoms with Crippen LogP contribution in [0.4, 0.5) is 0 Å². The van der Waals surface area contributed by atoms with Gasteiger partial charge in [0, 0.05) is 6.54 Å². The van der Waals surface area contributed by atoms with E-state index in [4.69, 9.17) is 4.55 Å². The highest BCUT2D eigenvalue weighted by atomic mass is 32.2. The van der Waals surface area contributed by atoms with Gasteiger partial charge in [-0.05, 0) is 24.9 Å². The maximum absolute atomic E-state index is 11.0. The fourth-order valence-corrected chi connectivity index (χ4v) is 3.09. The molecule has 1 unspecified atom stereocenters. The lowest BCUT2D eigenvalue weighted by Gasteiger charge is -2.26. The number of likely N-dealkylation sites (tertiary alicyclic amines) is 1. The zero-order valence-electron chi connectivity index (χ0n) is 9.94. The molecule has 0 saturated carbocycles. The molecule has 2 atom stereocenters. The maximum Gasteiger partial charge on any atom is 0.293 e. The molecule has 1 heterocycles. The van der Waals surface area contributed by atoms with E-state index in [9.17, 15) is 13.5 Å². The molecule has 0 amide bonds. The van der Waals surface area contributed by atoms with Gasteiger partial charge >= 0.3 is 0 Å². The molecular formula is C12H17NO4S. The van der Waals surface area contributed by atoms with Crippen molar-refractivity contribution >= 4 is 10.1 Å². The van der Waals surface area contributed by atoms with Gasteiger partial charge < -0.3 is 5.11 Å². The Balaban J connectivity index is 2.09. The van der Waals surface area contributed by atoms with Gasteiger partial charge in [-0.15, -0.1) is 0 Å². The Kier molecular flexibility index (Phi) is 4.01. The Morgan fingerprint density at radius 1 is 1.33 bits per heavy atom. The minimum Gasteiger partial charge on any atom is -0.374 e. The topological polar surface area (TPSA) is 77.8 Å². The zero-order chi connectivity index (χ0) is 13.2. The average Bonchev–Trinajstić information content (AvgIpc) is 2.76. The normalized spacial score (nSPS) is 23.1. The molecule has 1 aliphatic heterocycles. The molecule has 18 heavy (non-hydrogen) atoms. The summed E-state index contributed by atoms with van der Waals surface area (Å²) in [5.74, 6) is 0. The smallest absolute Gasteiger partial charge is 0.293 e. The molecule has 0 aromatic heterocycles. The second-order valence-electron chi connectivity index (χ2n) is 4.57. The van der Waals surface area contributed by atoms with E-state index in [0.717, 1.165) is 18.5 Å². The SMILES string of the molecule is O=S(=O)(O)C(O)[C@H]1CCCN1Cc1ccccc1. The number of rotatable bonds is 4. The van der Waals surface area contributed by atoms with Gasteiger partial charge in [0.05, 0.1) is 6.04 Å². The largest absolute Gasteiger partial charge is 0.374 e. The zero-order valence-corrected chi connectivity index (χ0v) is 10.8. The van der Waals surface area contributed by atoms with Gasteiger partial charge in [-0.1, -0.05) is 30.3 Å². The van der Waals surface area contributed by atoms with E-state index < -0.39 is 21.6 Å². The van der Waals surface area contributed by atoms with Crippen LogP contribution in [0.2, 0.25) is 0 Å². The van der Waals surface area contributed by atoms with Gasteiger partial charge in [-0.3, -0.25) is 9.45 Å². The molecular weight excluding hydrogens is 254 g/mol. The van der Waals surface area contributed by atoms with Crippen LogP contribution < -0.4 is 0 Å². The number of benzene rings is 1. The van der Waals surface area contributed by atoms with E-state index in [-0.39, 0.29) is 0 Å². The first-order valence-corrected chi connectivity index (χ1v) is 7.41. The van der Waals surface area contributed by atoms with Gasteiger partial charge in [-0.25, -0.2) is 0 Å². The van der Waals surface area contributed by atoms with Crippen LogP contribution in [-0.4, -0.2) is 41.0 Å². The Morgan fingerprint density at radius 2 is 2.00 bits per heavy atom. The average molecular weight is 271 g/mol. The quantitative estimate of drug-likeness (QED) is 0.794. The highest BCUT2D eigenvalue weighted by Crippen LogP contribution is 2.24. The van der Waals surface area contributed by atoms with E-state index in [1.807, 2.05) is 35.2 Å². The number of aliphatic hydroxyl groups is 1. The molecule has 1 aromatic rings. The fraction of sp³-hybridized carbons (Fsp3) is 0.500. The number of nitrogens with zero attached hydrogens (tertiary/aromatic N) is 1. The Hall–Kier alpha value is -0.950. The molecule has 2 rings (SSSR count). The van der Waals surface area contributed by atoms with Crippen LogP contribution >= 0.6 is 0 Å². The summed E-state index contributed by atoms with van der Waals surface area (Å²) in [5.41, 5.74) is -0.657. The Labute approximate surface area is 107 Å². The summed E-state index contributed by atoms with van der Waals surface area (Å²) in [4.78, 5) is 1.90. The lowest BCUT2D eigenvalue weighted by Crippen LogP contribution is -2.42. The van der Waals surface area contributed by atoms with Gasteiger partial charge in [-0.2, -0.15) is 8.42 Å². The van der Waals surface area contributed by atoms with Crippen LogP contribution in [0, 0.1) is 0 Å². The summed E-state index contributed by atoms with van der Waals surface area (Å²) in [5, 5.41) is 9.65. The minimum atomic E-state index is -4.40. The van der Waals surface area contributed by atoms with Gasteiger partial charge in [0.2, 0.25) is 0 Å². The first-order chi connectivity index (χ1) is 8.48. The Morgan fingerprint density at radius 3 is 2.61 bits per heavy atom. The molecule has 0 bridgehead atoms. The molecule has 0 spiro atoms. The van der Waals surface area contributed by atoms with Crippen molar-refractivity contribution in [3.05, 3.63) is 35.9 Å². The van der Waals surface area contributed by atoms with Crippen molar-refractivity contribution in [3.8, 4) is 0 Å².